The van der Waals surface area contributed by atoms with Crippen molar-refractivity contribution in [3.63, 3.8) is 0 Å². The molecular weight excluding hydrogens is 225 g/mol. The fraction of sp³-hybridized carbons (Fsp3) is 0.333. The van der Waals surface area contributed by atoms with Gasteiger partial charge in [0.15, 0.2) is 0 Å². The first-order chi connectivity index (χ1) is 8.08. The molecule has 0 bridgehead atoms. The lowest BCUT2D eigenvalue weighted by Crippen LogP contribution is -2.31. The standard InChI is InChI=1S/C12H12FNO3/c13-9-1-2-10-8(7-9)5-6-14(10)11(15)3-4-12(16)17/h1-2,7H,3-6H2,(H,16,17)/p-1. The maximum Gasteiger partial charge on any atom is 0.227 e. The molecule has 1 aliphatic rings. The number of anilines is 1. The number of carbonyl (C=O) groups excluding carboxylic acids is 2. The Kier molecular flexibility index (Phi) is 3.08. The van der Waals surface area contributed by atoms with Gasteiger partial charge in [-0.1, -0.05) is 0 Å². The number of rotatable bonds is 3. The molecule has 1 heterocycles. The van der Waals surface area contributed by atoms with Crippen LogP contribution in [0, 0.1) is 5.82 Å². The van der Waals surface area contributed by atoms with E-state index in [0.717, 1.165) is 5.56 Å². The van der Waals surface area contributed by atoms with E-state index in [1.54, 1.807) is 6.07 Å². The molecule has 0 unspecified atom stereocenters. The summed E-state index contributed by atoms with van der Waals surface area (Å²) in [4.78, 5) is 23.5. The number of carboxylic acids is 1. The second-order valence-corrected chi connectivity index (χ2v) is 3.94. The largest absolute Gasteiger partial charge is 0.550 e. The summed E-state index contributed by atoms with van der Waals surface area (Å²) in [7, 11) is 0. The molecule has 2 rings (SSSR count). The van der Waals surface area contributed by atoms with Gasteiger partial charge in [-0.2, -0.15) is 0 Å². The van der Waals surface area contributed by atoms with Crippen LogP contribution in [0.15, 0.2) is 18.2 Å². The van der Waals surface area contributed by atoms with Crippen molar-refractivity contribution >= 4 is 17.6 Å². The summed E-state index contributed by atoms with van der Waals surface area (Å²) >= 11 is 0. The van der Waals surface area contributed by atoms with Gasteiger partial charge in [-0.15, -0.1) is 0 Å². The van der Waals surface area contributed by atoms with E-state index in [1.807, 2.05) is 0 Å². The molecule has 5 heteroatoms. The van der Waals surface area contributed by atoms with Crippen molar-refractivity contribution in [2.75, 3.05) is 11.4 Å². The van der Waals surface area contributed by atoms with Gasteiger partial charge in [-0.05, 0) is 36.6 Å². The number of benzene rings is 1. The number of fused-ring (bicyclic) bond motifs is 1. The van der Waals surface area contributed by atoms with E-state index in [9.17, 15) is 19.1 Å². The van der Waals surface area contributed by atoms with Gasteiger partial charge in [0.2, 0.25) is 5.91 Å². The predicted octanol–water partition coefficient (Wildman–Crippen LogP) is 0.245. The zero-order valence-corrected chi connectivity index (χ0v) is 9.11. The van der Waals surface area contributed by atoms with Crippen molar-refractivity contribution in [2.24, 2.45) is 0 Å². The van der Waals surface area contributed by atoms with Crippen LogP contribution in [0.25, 0.3) is 0 Å². The van der Waals surface area contributed by atoms with E-state index in [0.29, 0.717) is 18.7 Å². The third-order valence-corrected chi connectivity index (χ3v) is 2.78. The average molecular weight is 236 g/mol. The van der Waals surface area contributed by atoms with Crippen LogP contribution in [0.3, 0.4) is 0 Å². The lowest BCUT2D eigenvalue weighted by molar-refractivity contribution is -0.305. The topological polar surface area (TPSA) is 60.4 Å². The van der Waals surface area contributed by atoms with Gasteiger partial charge >= 0.3 is 0 Å². The average Bonchev–Trinajstić information content (AvgIpc) is 2.68. The lowest BCUT2D eigenvalue weighted by atomic mass is 10.1. The minimum Gasteiger partial charge on any atom is -0.550 e. The summed E-state index contributed by atoms with van der Waals surface area (Å²) in [5, 5.41) is 10.3. The number of aliphatic carboxylic acids is 1. The normalized spacial score (nSPS) is 13.6. The molecule has 4 nitrogen and oxygen atoms in total. The van der Waals surface area contributed by atoms with Gasteiger partial charge in [0.1, 0.15) is 5.82 Å². The van der Waals surface area contributed by atoms with Crippen molar-refractivity contribution in [3.05, 3.63) is 29.6 Å². The highest BCUT2D eigenvalue weighted by Gasteiger charge is 2.24. The maximum atomic E-state index is 13.0. The number of amides is 1. The smallest absolute Gasteiger partial charge is 0.227 e. The first-order valence-electron chi connectivity index (χ1n) is 5.36. The summed E-state index contributed by atoms with van der Waals surface area (Å²) in [6, 6.07) is 4.25. The molecule has 0 fully saturated rings. The molecule has 0 aromatic heterocycles. The summed E-state index contributed by atoms with van der Waals surface area (Å²) in [5.74, 6) is -1.83. The Morgan fingerprint density at radius 3 is 2.82 bits per heavy atom. The van der Waals surface area contributed by atoms with Gasteiger partial charge in [0.05, 0.1) is 0 Å². The number of halogens is 1. The molecule has 90 valence electrons. The van der Waals surface area contributed by atoms with Crippen molar-refractivity contribution in [1.82, 2.24) is 0 Å². The minimum atomic E-state index is -1.24. The van der Waals surface area contributed by atoms with E-state index >= 15 is 0 Å². The van der Waals surface area contributed by atoms with E-state index < -0.39 is 5.97 Å². The molecule has 1 aromatic carbocycles. The Bertz CT molecular complexity index is 473. The highest BCUT2D eigenvalue weighted by atomic mass is 19.1. The fourth-order valence-electron chi connectivity index (χ4n) is 1.97. The van der Waals surface area contributed by atoms with Gasteiger partial charge in [0.25, 0.3) is 0 Å². The molecule has 1 aliphatic heterocycles. The highest BCUT2D eigenvalue weighted by molar-refractivity contribution is 5.96. The summed E-state index contributed by atoms with van der Waals surface area (Å²) in [6.07, 6.45) is 0.231. The summed E-state index contributed by atoms with van der Waals surface area (Å²) < 4.78 is 13.0. The number of carbonyl (C=O) groups is 2. The van der Waals surface area contributed by atoms with Gasteiger partial charge in [-0.3, -0.25) is 4.79 Å². The molecule has 0 radical (unpaired) electrons. The quantitative estimate of drug-likeness (QED) is 0.755. The molecule has 1 amide bonds. The zero-order valence-electron chi connectivity index (χ0n) is 9.11. The van der Waals surface area contributed by atoms with Crippen LogP contribution in [0.4, 0.5) is 10.1 Å². The van der Waals surface area contributed by atoms with Crippen LogP contribution in [-0.2, 0) is 16.0 Å². The summed E-state index contributed by atoms with van der Waals surface area (Å²) in [5.41, 5.74) is 1.46. The first kappa shape index (κ1) is 11.6. The maximum absolute atomic E-state index is 13.0. The molecule has 0 atom stereocenters. The van der Waals surface area contributed by atoms with Crippen LogP contribution in [0.1, 0.15) is 18.4 Å². The molecule has 0 spiro atoms. The fourth-order valence-corrected chi connectivity index (χ4v) is 1.97. The third kappa shape index (κ3) is 2.43. The molecular formula is C12H11FNO3-. The second kappa shape index (κ2) is 4.53. The Hall–Kier alpha value is -1.91. The van der Waals surface area contributed by atoms with E-state index in [4.69, 9.17) is 0 Å². The minimum absolute atomic E-state index is 0.0842. The molecule has 0 aliphatic carbocycles. The number of carboxylic acid groups (broad SMARTS) is 1. The number of hydrogen-bond acceptors (Lipinski definition) is 3. The van der Waals surface area contributed by atoms with E-state index in [2.05, 4.69) is 0 Å². The highest BCUT2D eigenvalue weighted by Crippen LogP contribution is 2.29. The van der Waals surface area contributed by atoms with E-state index in [-0.39, 0.29) is 24.6 Å². The number of nitrogens with zero attached hydrogens (tertiary/aromatic N) is 1. The van der Waals surface area contributed by atoms with E-state index in [1.165, 1.54) is 17.0 Å². The van der Waals surface area contributed by atoms with Gasteiger partial charge < -0.3 is 14.8 Å². The van der Waals surface area contributed by atoms with Crippen molar-refractivity contribution in [2.45, 2.75) is 19.3 Å². The Balaban J connectivity index is 2.11. The molecule has 1 aromatic rings. The lowest BCUT2D eigenvalue weighted by Gasteiger charge is -2.17. The SMILES string of the molecule is O=C([O-])CCC(=O)N1CCc2cc(F)ccc21. The van der Waals surface area contributed by atoms with Crippen LogP contribution >= 0.6 is 0 Å². The Labute approximate surface area is 97.7 Å². The van der Waals surface area contributed by atoms with Crippen molar-refractivity contribution in [3.8, 4) is 0 Å². The van der Waals surface area contributed by atoms with Crippen LogP contribution < -0.4 is 10.0 Å². The zero-order chi connectivity index (χ0) is 12.4. The predicted molar refractivity (Wildman–Crippen MR) is 56.7 cm³/mol. The molecule has 17 heavy (non-hydrogen) atoms. The van der Waals surface area contributed by atoms with Crippen LogP contribution in [0.2, 0.25) is 0 Å². The Morgan fingerprint density at radius 2 is 2.12 bits per heavy atom. The van der Waals surface area contributed by atoms with Crippen LogP contribution in [0.5, 0.6) is 0 Å². The van der Waals surface area contributed by atoms with Gasteiger partial charge in [-0.25, -0.2) is 4.39 Å². The monoisotopic (exact) mass is 236 g/mol. The number of hydrogen-bond donors (Lipinski definition) is 0. The Morgan fingerprint density at radius 1 is 1.35 bits per heavy atom. The summed E-state index contributed by atoms with van der Waals surface area (Å²) in [6.45, 7) is 0.477. The third-order valence-electron chi connectivity index (χ3n) is 2.78. The second-order valence-electron chi connectivity index (χ2n) is 3.94. The molecule has 0 saturated carbocycles. The van der Waals surface area contributed by atoms with Gasteiger partial charge in [0, 0.05) is 24.6 Å². The van der Waals surface area contributed by atoms with Crippen LogP contribution in [-0.4, -0.2) is 18.4 Å². The molecule has 0 saturated heterocycles. The first-order valence-corrected chi connectivity index (χ1v) is 5.36. The van der Waals surface area contributed by atoms with Crippen molar-refractivity contribution < 1.29 is 19.1 Å². The molecule has 0 N–H and O–H groups in total. The van der Waals surface area contributed by atoms with Crippen molar-refractivity contribution in [1.29, 1.82) is 0 Å².